The molecule has 1 nitrogen and oxygen atoms in total. The molecule has 0 radical (unpaired) electrons. The fourth-order valence-corrected chi connectivity index (χ4v) is 52.2. The molecule has 1 atom stereocenters. The zero-order valence-electron chi connectivity index (χ0n) is 14.3. The van der Waals surface area contributed by atoms with E-state index < -0.39 is 22.3 Å². The number of benzene rings is 1. The van der Waals surface area contributed by atoms with E-state index >= 15 is 0 Å². The minimum absolute atomic E-state index is 0.0757. The summed E-state index contributed by atoms with van der Waals surface area (Å²) < 4.78 is 0. The van der Waals surface area contributed by atoms with E-state index in [0.29, 0.717) is 0 Å². The molecule has 114 valence electrons. The summed E-state index contributed by atoms with van der Waals surface area (Å²) >= 11 is 0. The number of aliphatic hydroxyl groups excluding tert-OH is 1. The summed E-state index contributed by atoms with van der Waals surface area (Å²) in [6, 6.07) is 11.0. The number of hydrogen-bond acceptors (Lipinski definition) is 1. The maximum Gasteiger partial charge on any atom is 0.105 e. The van der Waals surface area contributed by atoms with Crippen molar-refractivity contribution in [1.29, 1.82) is 0 Å². The summed E-state index contributed by atoms with van der Waals surface area (Å²) in [6.07, 6.45) is 2.05. The highest BCUT2D eigenvalue weighted by Crippen LogP contribution is 2.33. The van der Waals surface area contributed by atoms with Crippen LogP contribution < -0.4 is 5.19 Å². The van der Waals surface area contributed by atoms with Gasteiger partial charge in [0, 0.05) is 20.9 Å². The SMILES string of the molecule is CCCC(O)[Si](c1ccccc1)([Si](C)(C)C)[Si](C)(C)C. The topological polar surface area (TPSA) is 20.2 Å². The normalized spacial score (nSPS) is 15.2. The minimum atomic E-state index is -1.87. The van der Waals surface area contributed by atoms with E-state index in [1.807, 2.05) is 0 Å². The van der Waals surface area contributed by atoms with Crippen LogP contribution in [-0.4, -0.2) is 33.1 Å². The highest BCUT2D eigenvalue weighted by Gasteiger charge is 2.59. The summed E-state index contributed by atoms with van der Waals surface area (Å²) in [5.41, 5.74) is -0.0757. The Hall–Kier alpha value is -0.169. The van der Waals surface area contributed by atoms with Crippen molar-refractivity contribution in [3.05, 3.63) is 30.3 Å². The first-order valence-corrected chi connectivity index (χ1v) is 18.9. The van der Waals surface area contributed by atoms with E-state index in [-0.39, 0.29) is 5.73 Å². The molecule has 0 aliphatic rings. The summed E-state index contributed by atoms with van der Waals surface area (Å²) in [7, 11) is -4.79. The largest absolute Gasteiger partial charge is 0.397 e. The maximum absolute atomic E-state index is 11.2. The lowest BCUT2D eigenvalue weighted by molar-refractivity contribution is 0.237. The summed E-state index contributed by atoms with van der Waals surface area (Å²) in [4.78, 5) is 0. The second-order valence-electron chi connectivity index (χ2n) is 7.98. The molecule has 1 unspecified atom stereocenters. The molecular formula is C16H32OSi3. The number of hydrogen-bond donors (Lipinski definition) is 1. The van der Waals surface area contributed by atoms with Gasteiger partial charge in [0.1, 0.15) is 7.11 Å². The molecule has 1 rings (SSSR count). The van der Waals surface area contributed by atoms with Crippen LogP contribution in [0.5, 0.6) is 0 Å². The first-order chi connectivity index (χ1) is 9.09. The van der Waals surface area contributed by atoms with Crippen LogP contribution in [0.2, 0.25) is 39.3 Å². The smallest absolute Gasteiger partial charge is 0.105 e. The molecule has 1 aromatic carbocycles. The van der Waals surface area contributed by atoms with Gasteiger partial charge in [0.25, 0.3) is 0 Å². The first-order valence-electron chi connectivity index (χ1n) is 7.82. The molecule has 0 spiro atoms. The monoisotopic (exact) mass is 324 g/mol. The Kier molecular flexibility index (Phi) is 5.63. The van der Waals surface area contributed by atoms with Crippen molar-refractivity contribution >= 4 is 27.5 Å². The molecule has 0 aromatic heterocycles. The van der Waals surface area contributed by atoms with Gasteiger partial charge in [-0.2, -0.15) is 0 Å². The molecule has 0 fully saturated rings. The Morgan fingerprint density at radius 2 is 1.35 bits per heavy atom. The van der Waals surface area contributed by atoms with Crippen molar-refractivity contribution in [2.45, 2.75) is 64.8 Å². The van der Waals surface area contributed by atoms with Gasteiger partial charge in [-0.3, -0.25) is 0 Å². The van der Waals surface area contributed by atoms with Crippen molar-refractivity contribution < 1.29 is 5.11 Å². The lowest BCUT2D eigenvalue weighted by atomic mass is 10.4. The molecule has 1 N–H and O–H groups in total. The van der Waals surface area contributed by atoms with Gasteiger partial charge in [0.05, 0.1) is 0 Å². The minimum Gasteiger partial charge on any atom is -0.397 e. The van der Waals surface area contributed by atoms with E-state index in [1.54, 1.807) is 0 Å². The maximum atomic E-state index is 11.2. The van der Waals surface area contributed by atoms with Gasteiger partial charge in [-0.1, -0.05) is 88.1 Å². The van der Waals surface area contributed by atoms with Crippen LogP contribution in [0.3, 0.4) is 0 Å². The third-order valence-corrected chi connectivity index (χ3v) is 43.3. The van der Waals surface area contributed by atoms with Crippen LogP contribution in [0.25, 0.3) is 0 Å². The van der Waals surface area contributed by atoms with Crippen molar-refractivity contribution in [1.82, 2.24) is 0 Å². The molecule has 4 heteroatoms. The molecule has 0 heterocycles. The van der Waals surface area contributed by atoms with Crippen molar-refractivity contribution in [3.63, 3.8) is 0 Å². The standard InChI is InChI=1S/C16H32OSi3/c1-8-12-16(17)20(18(2,3)4,19(5,6)7)15-13-10-9-11-14-15/h9-11,13-14,16-17H,8,12H2,1-7H3. The molecule has 1 aromatic rings. The fourth-order valence-electron chi connectivity index (χ4n) is 4.37. The van der Waals surface area contributed by atoms with Crippen molar-refractivity contribution in [2.24, 2.45) is 0 Å². The highest BCUT2D eigenvalue weighted by atomic mass is 29.6. The van der Waals surface area contributed by atoms with E-state index in [1.165, 1.54) is 5.19 Å². The van der Waals surface area contributed by atoms with Gasteiger partial charge < -0.3 is 5.11 Å². The van der Waals surface area contributed by atoms with Gasteiger partial charge in [0.15, 0.2) is 0 Å². The number of rotatable bonds is 6. The summed E-state index contributed by atoms with van der Waals surface area (Å²) in [5.74, 6) is 0. The summed E-state index contributed by atoms with van der Waals surface area (Å²) in [6.45, 7) is 17.1. The van der Waals surface area contributed by atoms with Crippen LogP contribution in [-0.2, 0) is 0 Å². The number of aliphatic hydroxyl groups is 1. The average molecular weight is 325 g/mol. The zero-order valence-corrected chi connectivity index (χ0v) is 17.3. The molecule has 0 saturated heterocycles. The van der Waals surface area contributed by atoms with Crippen LogP contribution in [0.1, 0.15) is 19.8 Å². The lowest BCUT2D eigenvalue weighted by Gasteiger charge is -2.53. The fraction of sp³-hybridized carbons (Fsp3) is 0.625. The van der Waals surface area contributed by atoms with E-state index in [9.17, 15) is 5.11 Å². The molecule has 0 bridgehead atoms. The molecule has 20 heavy (non-hydrogen) atoms. The van der Waals surface area contributed by atoms with Gasteiger partial charge in [0.2, 0.25) is 0 Å². The Labute approximate surface area is 128 Å². The van der Waals surface area contributed by atoms with Crippen LogP contribution in [0.4, 0.5) is 0 Å². The Morgan fingerprint density at radius 1 is 0.900 bits per heavy atom. The van der Waals surface area contributed by atoms with Crippen LogP contribution >= 0.6 is 0 Å². The first kappa shape index (κ1) is 17.9. The molecular weight excluding hydrogens is 292 g/mol. The van der Waals surface area contributed by atoms with Crippen LogP contribution in [0, 0.1) is 0 Å². The third kappa shape index (κ3) is 3.03. The molecule has 0 aliphatic heterocycles. The molecule has 0 aliphatic carbocycles. The van der Waals surface area contributed by atoms with Gasteiger partial charge in [-0.05, 0) is 6.42 Å². The predicted octanol–water partition coefficient (Wildman–Crippen LogP) is 3.88. The average Bonchev–Trinajstić information content (AvgIpc) is 2.27. The Morgan fingerprint density at radius 3 is 1.70 bits per heavy atom. The van der Waals surface area contributed by atoms with E-state index in [4.69, 9.17) is 0 Å². The molecule has 0 amide bonds. The van der Waals surface area contributed by atoms with Crippen LogP contribution in [0.15, 0.2) is 30.3 Å². The van der Waals surface area contributed by atoms with Crippen molar-refractivity contribution in [2.75, 3.05) is 0 Å². The second kappa shape index (κ2) is 6.30. The Bertz CT molecular complexity index is 404. The zero-order chi connectivity index (χ0) is 15.6. The summed E-state index contributed by atoms with van der Waals surface area (Å²) in [5, 5.41) is 12.7. The van der Waals surface area contributed by atoms with Gasteiger partial charge in [-0.25, -0.2) is 0 Å². The lowest BCUT2D eigenvalue weighted by Crippen LogP contribution is -2.83. The second-order valence-corrected chi connectivity index (χ2v) is 35.1. The van der Waals surface area contributed by atoms with Crippen molar-refractivity contribution in [3.8, 4) is 0 Å². The predicted molar refractivity (Wildman–Crippen MR) is 99.4 cm³/mol. The van der Waals surface area contributed by atoms with E-state index in [2.05, 4.69) is 76.5 Å². The van der Waals surface area contributed by atoms with Gasteiger partial charge in [-0.15, -0.1) is 0 Å². The molecule has 0 saturated carbocycles. The quantitative estimate of drug-likeness (QED) is 0.787. The highest BCUT2D eigenvalue weighted by molar-refractivity contribution is 7.73. The third-order valence-electron chi connectivity index (χ3n) is 4.66. The Balaban J connectivity index is 3.60. The van der Waals surface area contributed by atoms with E-state index in [0.717, 1.165) is 12.8 Å². The van der Waals surface area contributed by atoms with Gasteiger partial charge >= 0.3 is 0 Å².